The van der Waals surface area contributed by atoms with E-state index in [0.717, 1.165) is 28.8 Å². The zero-order valence-electron chi connectivity index (χ0n) is 32.0. The van der Waals surface area contributed by atoms with E-state index in [1.807, 2.05) is 45.0 Å². The minimum absolute atomic E-state index is 0. The fourth-order valence-electron chi connectivity index (χ4n) is 6.03. The molecule has 239 valence electrons. The van der Waals surface area contributed by atoms with Gasteiger partial charge in [0.15, 0.2) is 0 Å². The van der Waals surface area contributed by atoms with Crippen molar-refractivity contribution in [1.82, 2.24) is 19.5 Å². The SMILES string of the molecule is CC(C)c1ccc2nc(-c3[c-]cccc3)n3c2c1C=CC3.[2H]C([2H])([2H])c1ccc2c(n1)oc1c(-c3cc(C([2H])([2H])C(C)(C)C)ccn3)[c-]ccc12.[Ir]. The van der Waals surface area contributed by atoms with Gasteiger partial charge in [-0.3, -0.25) is 4.98 Å². The number of pyridine rings is 2. The third-order valence-electron chi connectivity index (χ3n) is 7.96. The molecule has 0 spiro atoms. The van der Waals surface area contributed by atoms with Crippen LogP contribution in [0.5, 0.6) is 0 Å². The summed E-state index contributed by atoms with van der Waals surface area (Å²) >= 11 is 0. The molecule has 0 atom stereocenters. The monoisotopic (exact) mass is 800 g/mol. The minimum Gasteiger partial charge on any atom is -0.486 e. The van der Waals surface area contributed by atoms with Crippen LogP contribution in [-0.2, 0) is 33.0 Å². The summed E-state index contributed by atoms with van der Waals surface area (Å²) < 4.78 is 48.1. The van der Waals surface area contributed by atoms with Crippen LogP contribution in [0.25, 0.3) is 61.8 Å². The smallest absolute Gasteiger partial charge is 0.216 e. The Hall–Kier alpha value is -4.38. The number of furan rings is 1. The predicted octanol–water partition coefficient (Wildman–Crippen LogP) is 10.4. The summed E-state index contributed by atoms with van der Waals surface area (Å²) in [7, 11) is 0. The summed E-state index contributed by atoms with van der Waals surface area (Å²) in [6, 6.07) is 29.0. The Labute approximate surface area is 297 Å². The van der Waals surface area contributed by atoms with E-state index in [2.05, 4.69) is 70.9 Å². The standard InChI is InChI=1S/C22H21N2O.C19H17N2.Ir/c1-14-8-9-17-16-6-5-7-18(20(16)25-21(17)24-14)19-12-15(10-11-23-19)13-22(2,3)4;1-13(2)15-10-11-17-18-16(15)9-6-12-21(18)19(20-17)14-7-4-3-5-8-14;/h5-6,8-12H,13H2,1-4H3;3-7,9-11,13H,12H2,1-2H3;/q2*-1;/i1D3,13D2;;. The third-order valence-corrected chi connectivity index (χ3v) is 7.96. The van der Waals surface area contributed by atoms with Crippen LogP contribution in [0, 0.1) is 24.4 Å². The Morgan fingerprint density at radius 3 is 2.64 bits per heavy atom. The molecule has 0 aliphatic carbocycles. The van der Waals surface area contributed by atoms with Gasteiger partial charge in [0.25, 0.3) is 0 Å². The average Bonchev–Trinajstić information content (AvgIpc) is 3.67. The first-order valence-corrected chi connectivity index (χ1v) is 15.5. The first-order valence-electron chi connectivity index (χ1n) is 18.0. The molecule has 1 aliphatic rings. The van der Waals surface area contributed by atoms with Crippen LogP contribution in [0.3, 0.4) is 0 Å². The molecule has 0 fully saturated rings. The zero-order valence-corrected chi connectivity index (χ0v) is 29.4. The largest absolute Gasteiger partial charge is 0.486 e. The molecule has 6 heteroatoms. The predicted molar refractivity (Wildman–Crippen MR) is 189 cm³/mol. The van der Waals surface area contributed by atoms with E-state index in [1.165, 1.54) is 22.7 Å². The van der Waals surface area contributed by atoms with Gasteiger partial charge in [-0.05, 0) is 60.1 Å². The van der Waals surface area contributed by atoms with Crippen molar-refractivity contribution in [2.75, 3.05) is 0 Å². The molecule has 5 nitrogen and oxygen atoms in total. The normalized spacial score (nSPS) is 14.6. The van der Waals surface area contributed by atoms with E-state index in [1.54, 1.807) is 30.5 Å². The van der Waals surface area contributed by atoms with Gasteiger partial charge in [0, 0.05) is 56.3 Å². The number of allylic oxidation sites excluding steroid dienone is 1. The van der Waals surface area contributed by atoms with Crippen LogP contribution < -0.4 is 0 Å². The number of aryl methyl sites for hydroxylation is 1. The zero-order chi connectivity index (χ0) is 36.3. The molecule has 8 rings (SSSR count). The van der Waals surface area contributed by atoms with Crippen molar-refractivity contribution in [3.63, 3.8) is 0 Å². The van der Waals surface area contributed by atoms with Gasteiger partial charge >= 0.3 is 0 Å². The van der Waals surface area contributed by atoms with Crippen molar-refractivity contribution in [2.45, 2.75) is 60.3 Å². The van der Waals surface area contributed by atoms with E-state index in [-0.39, 0.29) is 31.5 Å². The van der Waals surface area contributed by atoms with Crippen molar-refractivity contribution < 1.29 is 31.4 Å². The van der Waals surface area contributed by atoms with Gasteiger partial charge < -0.3 is 14.0 Å². The summed E-state index contributed by atoms with van der Waals surface area (Å²) in [6.45, 7) is 8.60. The number of nitrogens with zero attached hydrogens (tertiary/aromatic N) is 4. The van der Waals surface area contributed by atoms with E-state index in [0.29, 0.717) is 33.7 Å². The quantitative estimate of drug-likeness (QED) is 0.166. The van der Waals surface area contributed by atoms with Crippen molar-refractivity contribution in [3.8, 4) is 22.6 Å². The van der Waals surface area contributed by atoms with E-state index < -0.39 is 18.6 Å². The maximum absolute atomic E-state index is 8.55. The second-order valence-electron chi connectivity index (χ2n) is 12.9. The maximum atomic E-state index is 8.55. The van der Waals surface area contributed by atoms with Crippen LogP contribution >= 0.6 is 0 Å². The molecule has 0 bridgehead atoms. The fraction of sp³-hybridized carbons (Fsp3) is 0.244. The average molecular weight is 800 g/mol. The molecule has 0 unspecified atom stereocenters. The Balaban J connectivity index is 0.000000185. The summed E-state index contributed by atoms with van der Waals surface area (Å²) in [4.78, 5) is 13.4. The van der Waals surface area contributed by atoms with E-state index in [9.17, 15) is 0 Å². The van der Waals surface area contributed by atoms with Crippen LogP contribution in [-0.4, -0.2) is 19.5 Å². The molecular weight excluding hydrogens is 757 g/mol. The summed E-state index contributed by atoms with van der Waals surface area (Å²) in [5, 5.41) is 1.48. The Morgan fingerprint density at radius 2 is 1.87 bits per heavy atom. The van der Waals surface area contributed by atoms with Crippen molar-refractivity contribution in [2.24, 2.45) is 5.41 Å². The molecule has 5 heterocycles. The van der Waals surface area contributed by atoms with Crippen LogP contribution in [0.4, 0.5) is 0 Å². The molecule has 47 heavy (non-hydrogen) atoms. The van der Waals surface area contributed by atoms with Crippen molar-refractivity contribution >= 4 is 39.2 Å². The first-order chi connectivity index (χ1) is 24.1. The molecule has 4 aromatic heterocycles. The Morgan fingerprint density at radius 1 is 1.00 bits per heavy atom. The molecule has 0 saturated heterocycles. The van der Waals surface area contributed by atoms with Gasteiger partial charge in [-0.2, -0.15) is 0 Å². The maximum Gasteiger partial charge on any atom is 0.216 e. The first kappa shape index (κ1) is 26.7. The molecule has 3 aromatic carbocycles. The van der Waals surface area contributed by atoms with Gasteiger partial charge in [-0.1, -0.05) is 75.4 Å². The van der Waals surface area contributed by atoms with Gasteiger partial charge in [0.1, 0.15) is 0 Å². The molecular formula is C41H38IrN4O-2. The number of imidazole rings is 1. The molecule has 0 amide bonds. The van der Waals surface area contributed by atoms with Gasteiger partial charge in [-0.15, -0.1) is 54.1 Å². The molecule has 1 radical (unpaired) electrons. The third kappa shape index (κ3) is 6.45. The van der Waals surface area contributed by atoms with Gasteiger partial charge in [0.2, 0.25) is 5.71 Å². The number of benzene rings is 3. The number of aromatic nitrogens is 4. The Kier molecular flexibility index (Phi) is 7.39. The Bertz CT molecular complexity index is 2440. The number of hydrogen-bond donors (Lipinski definition) is 0. The van der Waals surface area contributed by atoms with Crippen LogP contribution in [0.2, 0.25) is 0 Å². The van der Waals surface area contributed by atoms with Crippen LogP contribution in [0.1, 0.15) is 69.8 Å². The van der Waals surface area contributed by atoms with Gasteiger partial charge in [0.05, 0.1) is 22.4 Å². The molecule has 1 aliphatic heterocycles. The van der Waals surface area contributed by atoms with Crippen molar-refractivity contribution in [3.05, 3.63) is 120 Å². The van der Waals surface area contributed by atoms with Crippen LogP contribution in [0.15, 0.2) is 89.5 Å². The number of fused-ring (bicyclic) bond motifs is 3. The van der Waals surface area contributed by atoms with E-state index in [4.69, 9.17) is 16.3 Å². The molecule has 7 aromatic rings. The number of rotatable bonds is 4. The molecule has 0 saturated carbocycles. The van der Waals surface area contributed by atoms with Crippen molar-refractivity contribution in [1.29, 1.82) is 0 Å². The second-order valence-corrected chi connectivity index (χ2v) is 12.9. The summed E-state index contributed by atoms with van der Waals surface area (Å²) in [6.07, 6.45) is 4.48. The number of hydrogen-bond acceptors (Lipinski definition) is 4. The van der Waals surface area contributed by atoms with E-state index >= 15 is 0 Å². The topological polar surface area (TPSA) is 56.7 Å². The summed E-state index contributed by atoms with van der Waals surface area (Å²) in [5.74, 6) is 1.53. The van der Waals surface area contributed by atoms with Gasteiger partial charge in [-0.25, -0.2) is 4.98 Å². The fourth-order valence-corrected chi connectivity index (χ4v) is 6.03. The summed E-state index contributed by atoms with van der Waals surface area (Å²) in [5.41, 5.74) is 7.83. The molecule has 0 N–H and O–H groups in total. The second kappa shape index (κ2) is 13.0. The minimum atomic E-state index is -2.32.